The molecule has 4 aromatic rings. The zero-order valence-electron chi connectivity index (χ0n) is 18.3. The molecule has 1 aliphatic heterocycles. The highest BCUT2D eigenvalue weighted by Crippen LogP contribution is 2.26. The molecule has 2 heterocycles. The van der Waals surface area contributed by atoms with Crippen LogP contribution >= 0.6 is 15.9 Å². The molecular formula is C26H22BrN3O3S. The van der Waals surface area contributed by atoms with Gasteiger partial charge in [0.25, 0.3) is 5.91 Å². The van der Waals surface area contributed by atoms with E-state index in [1.807, 2.05) is 54.6 Å². The zero-order valence-corrected chi connectivity index (χ0v) is 20.7. The molecule has 1 aromatic heterocycles. The Labute approximate surface area is 207 Å². The van der Waals surface area contributed by atoms with Crippen molar-refractivity contribution >= 4 is 42.6 Å². The molecule has 0 atom stereocenters. The summed E-state index contributed by atoms with van der Waals surface area (Å²) in [5.41, 5.74) is 2.37. The van der Waals surface area contributed by atoms with Crippen molar-refractivity contribution in [2.75, 3.05) is 26.2 Å². The maximum Gasteiger partial charge on any atom is 0.253 e. The Balaban J connectivity index is 1.27. The lowest BCUT2D eigenvalue weighted by atomic mass is 10.1. The maximum atomic E-state index is 13.2. The van der Waals surface area contributed by atoms with Gasteiger partial charge in [-0.25, -0.2) is 8.42 Å². The molecule has 0 radical (unpaired) electrons. The first-order valence-corrected chi connectivity index (χ1v) is 13.2. The normalized spacial score (nSPS) is 14.9. The van der Waals surface area contributed by atoms with Gasteiger partial charge < -0.3 is 4.90 Å². The molecular weight excluding hydrogens is 514 g/mol. The average molecular weight is 536 g/mol. The van der Waals surface area contributed by atoms with Gasteiger partial charge in [0.05, 0.1) is 10.6 Å². The van der Waals surface area contributed by atoms with Crippen molar-refractivity contribution in [1.29, 1.82) is 0 Å². The van der Waals surface area contributed by atoms with Crippen molar-refractivity contribution < 1.29 is 13.2 Å². The summed E-state index contributed by atoms with van der Waals surface area (Å²) in [7, 11) is -3.64. The first-order chi connectivity index (χ1) is 16.4. The summed E-state index contributed by atoms with van der Waals surface area (Å²) in [5.74, 6) is -0.0964. The third-order valence-electron chi connectivity index (χ3n) is 6.03. The van der Waals surface area contributed by atoms with Gasteiger partial charge in [-0.1, -0.05) is 46.3 Å². The number of sulfonamides is 1. The predicted octanol–water partition coefficient (Wildman–Crippen LogP) is 4.81. The van der Waals surface area contributed by atoms with Crippen LogP contribution in [0.2, 0.25) is 0 Å². The van der Waals surface area contributed by atoms with Crippen LogP contribution in [0.15, 0.2) is 94.4 Å². The van der Waals surface area contributed by atoms with E-state index in [1.165, 1.54) is 4.31 Å². The van der Waals surface area contributed by atoms with Gasteiger partial charge in [0, 0.05) is 48.0 Å². The number of rotatable bonds is 4. The van der Waals surface area contributed by atoms with E-state index < -0.39 is 10.0 Å². The summed E-state index contributed by atoms with van der Waals surface area (Å²) in [6, 6.07) is 24.0. The number of carbonyl (C=O) groups excluding carboxylic acids is 1. The lowest BCUT2D eigenvalue weighted by Crippen LogP contribution is -2.50. The Bertz CT molecular complexity index is 1450. The molecule has 0 aliphatic carbocycles. The SMILES string of the molecule is O=C(c1ccc(-c2ccccn2)cc1)N1CCN(S(=O)(=O)c2ccc3cc(Br)ccc3c2)CC1. The summed E-state index contributed by atoms with van der Waals surface area (Å²) in [5, 5.41) is 1.84. The molecule has 6 nitrogen and oxygen atoms in total. The van der Waals surface area contributed by atoms with E-state index in [-0.39, 0.29) is 23.9 Å². The molecule has 0 bridgehead atoms. The minimum atomic E-state index is -3.64. The number of fused-ring (bicyclic) bond motifs is 1. The number of nitrogens with zero attached hydrogens (tertiary/aromatic N) is 3. The molecule has 34 heavy (non-hydrogen) atoms. The second kappa shape index (κ2) is 9.29. The molecule has 5 rings (SSSR count). The lowest BCUT2D eigenvalue weighted by molar-refractivity contribution is 0.0698. The van der Waals surface area contributed by atoms with Gasteiger partial charge in [0.2, 0.25) is 10.0 Å². The first kappa shape index (κ1) is 22.7. The number of halogens is 1. The van der Waals surface area contributed by atoms with Crippen molar-refractivity contribution in [1.82, 2.24) is 14.2 Å². The molecule has 172 valence electrons. The molecule has 8 heteroatoms. The van der Waals surface area contributed by atoms with Gasteiger partial charge in [-0.05, 0) is 59.3 Å². The number of benzene rings is 3. The molecule has 0 saturated carbocycles. The van der Waals surface area contributed by atoms with Crippen molar-refractivity contribution in [3.8, 4) is 11.3 Å². The molecule has 1 saturated heterocycles. The van der Waals surface area contributed by atoms with E-state index in [4.69, 9.17) is 0 Å². The minimum absolute atomic E-state index is 0.0964. The molecule has 0 N–H and O–H groups in total. The fourth-order valence-electron chi connectivity index (χ4n) is 4.14. The van der Waals surface area contributed by atoms with Crippen molar-refractivity contribution in [3.63, 3.8) is 0 Å². The highest BCUT2D eigenvalue weighted by atomic mass is 79.9. The Kier molecular flexibility index (Phi) is 6.20. The second-order valence-corrected chi connectivity index (χ2v) is 11.0. The zero-order chi connectivity index (χ0) is 23.7. The van der Waals surface area contributed by atoms with Gasteiger partial charge in [-0.2, -0.15) is 4.31 Å². The largest absolute Gasteiger partial charge is 0.336 e. The highest BCUT2D eigenvalue weighted by molar-refractivity contribution is 9.10. The molecule has 1 amide bonds. The topological polar surface area (TPSA) is 70.6 Å². The highest BCUT2D eigenvalue weighted by Gasteiger charge is 2.30. The van der Waals surface area contributed by atoms with Crippen LogP contribution in [0.25, 0.3) is 22.0 Å². The summed E-state index contributed by atoms with van der Waals surface area (Å²) in [6.45, 7) is 1.22. The van der Waals surface area contributed by atoms with Crippen LogP contribution in [0.1, 0.15) is 10.4 Å². The van der Waals surface area contributed by atoms with Crippen LogP contribution in [-0.4, -0.2) is 54.7 Å². The lowest BCUT2D eigenvalue weighted by Gasteiger charge is -2.34. The second-order valence-electron chi connectivity index (χ2n) is 8.14. The summed E-state index contributed by atoms with van der Waals surface area (Å²) >= 11 is 3.44. The molecule has 3 aromatic carbocycles. The van der Waals surface area contributed by atoms with E-state index in [0.29, 0.717) is 18.7 Å². The van der Waals surface area contributed by atoms with Crippen LogP contribution in [0.5, 0.6) is 0 Å². The number of aromatic nitrogens is 1. The fourth-order valence-corrected chi connectivity index (χ4v) is 5.97. The van der Waals surface area contributed by atoms with Crippen LogP contribution in [0.3, 0.4) is 0 Å². The molecule has 0 spiro atoms. The van der Waals surface area contributed by atoms with Gasteiger partial charge in [-0.15, -0.1) is 0 Å². The van der Waals surface area contributed by atoms with Gasteiger partial charge >= 0.3 is 0 Å². The van der Waals surface area contributed by atoms with Crippen molar-refractivity contribution in [2.24, 2.45) is 0 Å². The van der Waals surface area contributed by atoms with Crippen molar-refractivity contribution in [2.45, 2.75) is 4.90 Å². The van der Waals surface area contributed by atoms with E-state index in [2.05, 4.69) is 20.9 Å². The summed E-state index contributed by atoms with van der Waals surface area (Å²) < 4.78 is 28.9. The number of carbonyl (C=O) groups is 1. The van der Waals surface area contributed by atoms with E-state index in [0.717, 1.165) is 26.5 Å². The number of amides is 1. The fraction of sp³-hybridized carbons (Fsp3) is 0.154. The van der Waals surface area contributed by atoms with Crippen molar-refractivity contribution in [3.05, 3.63) is 95.1 Å². The maximum absolute atomic E-state index is 13.2. The van der Waals surface area contributed by atoms with Gasteiger partial charge in [-0.3, -0.25) is 9.78 Å². The number of pyridine rings is 1. The Morgan fingerprint density at radius 3 is 2.24 bits per heavy atom. The Morgan fingerprint density at radius 1 is 0.824 bits per heavy atom. The molecule has 1 aliphatic rings. The quantitative estimate of drug-likeness (QED) is 0.376. The van der Waals surface area contributed by atoms with E-state index in [9.17, 15) is 13.2 Å². The Hall–Kier alpha value is -3.07. The summed E-state index contributed by atoms with van der Waals surface area (Å²) in [4.78, 5) is 19.3. The Morgan fingerprint density at radius 2 is 1.53 bits per heavy atom. The third-order valence-corrected chi connectivity index (χ3v) is 8.42. The monoisotopic (exact) mass is 535 g/mol. The predicted molar refractivity (Wildman–Crippen MR) is 136 cm³/mol. The van der Waals surface area contributed by atoms with Crippen LogP contribution < -0.4 is 0 Å². The van der Waals surface area contributed by atoms with Crippen LogP contribution in [-0.2, 0) is 10.0 Å². The average Bonchev–Trinajstić information content (AvgIpc) is 2.88. The summed E-state index contributed by atoms with van der Waals surface area (Å²) in [6.07, 6.45) is 1.74. The molecule has 1 fully saturated rings. The number of piperazine rings is 1. The minimum Gasteiger partial charge on any atom is -0.336 e. The molecule has 0 unspecified atom stereocenters. The van der Waals surface area contributed by atoms with Gasteiger partial charge in [0.15, 0.2) is 0 Å². The smallest absolute Gasteiger partial charge is 0.253 e. The number of hydrogen-bond acceptors (Lipinski definition) is 4. The first-order valence-electron chi connectivity index (χ1n) is 10.9. The van der Waals surface area contributed by atoms with Gasteiger partial charge in [0.1, 0.15) is 0 Å². The van der Waals surface area contributed by atoms with Crippen LogP contribution in [0, 0.1) is 0 Å². The standard InChI is InChI=1S/C26H22BrN3O3S/c27-23-10-8-22-18-24(11-9-21(22)17-23)34(32,33)30-15-13-29(14-16-30)26(31)20-6-4-19(5-7-20)25-3-1-2-12-28-25/h1-12,17-18H,13-16H2. The van der Waals surface area contributed by atoms with Crippen LogP contribution in [0.4, 0.5) is 0 Å². The van der Waals surface area contributed by atoms with E-state index >= 15 is 0 Å². The number of hydrogen-bond donors (Lipinski definition) is 0. The van der Waals surface area contributed by atoms with E-state index in [1.54, 1.807) is 35.4 Å². The third kappa shape index (κ3) is 4.49.